The van der Waals surface area contributed by atoms with Crippen LogP contribution in [0.5, 0.6) is 0 Å². The molecule has 72 heavy (non-hydrogen) atoms. The summed E-state index contributed by atoms with van der Waals surface area (Å²) in [5.41, 5.74) is 0. The second-order valence-corrected chi connectivity index (χ2v) is 22.1. The zero-order valence-electron chi connectivity index (χ0n) is 48.2. The Morgan fingerprint density at radius 1 is 0.347 bits per heavy atom. The van der Waals surface area contributed by atoms with Crippen molar-refractivity contribution in [3.8, 4) is 0 Å². The summed E-state index contributed by atoms with van der Waals surface area (Å²) in [6.45, 7) is 4.07. The van der Waals surface area contributed by atoms with Crippen molar-refractivity contribution in [1.82, 2.24) is 5.32 Å². The van der Waals surface area contributed by atoms with E-state index >= 15 is 0 Å². The van der Waals surface area contributed by atoms with Gasteiger partial charge in [-0.3, -0.25) is 4.79 Å². The predicted molar refractivity (Wildman–Crippen MR) is 316 cm³/mol. The second-order valence-electron chi connectivity index (χ2n) is 22.1. The van der Waals surface area contributed by atoms with Gasteiger partial charge < -0.3 is 25.7 Å². The van der Waals surface area contributed by atoms with Crippen molar-refractivity contribution in [3.05, 3.63) is 48.6 Å². The third-order valence-electron chi connectivity index (χ3n) is 15.0. The van der Waals surface area contributed by atoms with E-state index in [2.05, 4.69) is 67.8 Å². The van der Waals surface area contributed by atoms with Crippen LogP contribution in [0.15, 0.2) is 48.6 Å². The molecule has 0 heterocycles. The van der Waals surface area contributed by atoms with Gasteiger partial charge in [0.2, 0.25) is 5.91 Å². The molecule has 0 aromatic heterocycles. The van der Waals surface area contributed by atoms with E-state index in [1.165, 1.54) is 250 Å². The Labute approximate surface area is 449 Å². The van der Waals surface area contributed by atoms with E-state index in [9.17, 15) is 25.2 Å². The molecule has 0 aromatic rings. The van der Waals surface area contributed by atoms with Crippen LogP contribution in [-0.2, 0) is 4.79 Å². The topological polar surface area (TPSA) is 110 Å². The maximum Gasteiger partial charge on any atom is 0.249 e. The number of amides is 1. The Balaban J connectivity index is 3.65. The van der Waals surface area contributed by atoms with E-state index in [0.717, 1.165) is 51.4 Å². The molecule has 0 saturated carbocycles. The summed E-state index contributed by atoms with van der Waals surface area (Å²) in [5, 5.41) is 44.1. The van der Waals surface area contributed by atoms with Crippen LogP contribution in [0.25, 0.3) is 0 Å². The molecule has 1 amide bonds. The van der Waals surface area contributed by atoms with Crippen LogP contribution in [0.2, 0.25) is 0 Å². The number of allylic oxidation sites excluding steroid dienone is 8. The maximum absolute atomic E-state index is 12.6. The second kappa shape index (κ2) is 60.1. The fraction of sp³-hybridized carbons (Fsp3) is 0.864. The highest BCUT2D eigenvalue weighted by atomic mass is 16.3. The van der Waals surface area contributed by atoms with Gasteiger partial charge in [-0.1, -0.05) is 300 Å². The van der Waals surface area contributed by atoms with Gasteiger partial charge in [0, 0.05) is 0 Å². The summed E-state index contributed by atoms with van der Waals surface area (Å²) in [4.78, 5) is 12.6. The van der Waals surface area contributed by atoms with Gasteiger partial charge in [0.25, 0.3) is 0 Å². The fourth-order valence-electron chi connectivity index (χ4n) is 9.98. The predicted octanol–water partition coefficient (Wildman–Crippen LogP) is 19.3. The van der Waals surface area contributed by atoms with Gasteiger partial charge in [-0.05, 0) is 83.5 Å². The molecule has 0 aromatic carbocycles. The van der Waals surface area contributed by atoms with Gasteiger partial charge in [0.15, 0.2) is 0 Å². The van der Waals surface area contributed by atoms with Crippen molar-refractivity contribution in [2.45, 2.75) is 359 Å². The van der Waals surface area contributed by atoms with Crippen molar-refractivity contribution >= 4 is 5.91 Å². The maximum atomic E-state index is 12.6. The van der Waals surface area contributed by atoms with E-state index in [1.54, 1.807) is 0 Å². The highest BCUT2D eigenvalue weighted by Crippen LogP contribution is 2.18. The van der Waals surface area contributed by atoms with Crippen LogP contribution < -0.4 is 5.32 Å². The van der Waals surface area contributed by atoms with Crippen LogP contribution in [0.4, 0.5) is 0 Å². The number of aliphatic hydroxyl groups is 4. The number of carbonyl (C=O) groups is 1. The summed E-state index contributed by atoms with van der Waals surface area (Å²) >= 11 is 0. The fourth-order valence-corrected chi connectivity index (χ4v) is 9.98. The molecule has 424 valence electrons. The number of rotatable bonds is 59. The van der Waals surface area contributed by atoms with E-state index in [-0.39, 0.29) is 0 Å². The zero-order chi connectivity index (χ0) is 52.3. The van der Waals surface area contributed by atoms with Crippen molar-refractivity contribution in [3.63, 3.8) is 0 Å². The Morgan fingerprint density at radius 2 is 0.625 bits per heavy atom. The monoisotopic (exact) mass is 1010 g/mol. The SMILES string of the molecule is CCCCCCCCCCC/C=C\C/C=C\CCCCCCCCCCC(O)C(=O)NC(CO)C(O)C(O)CCC/C=C/CC/C=C/CCCCCCCCCCCCCCCCCCCCCCCCC. The molecule has 0 rings (SSSR count). The number of unbranched alkanes of at least 4 members (excludes halogenated alkanes) is 42. The molecule has 0 bridgehead atoms. The van der Waals surface area contributed by atoms with E-state index < -0.39 is 36.9 Å². The van der Waals surface area contributed by atoms with Gasteiger partial charge in [0.05, 0.1) is 18.8 Å². The number of carbonyl (C=O) groups excluding carboxylic acids is 1. The first kappa shape index (κ1) is 70.3. The van der Waals surface area contributed by atoms with Crippen LogP contribution >= 0.6 is 0 Å². The molecule has 4 atom stereocenters. The Morgan fingerprint density at radius 3 is 0.958 bits per heavy atom. The van der Waals surface area contributed by atoms with Crippen LogP contribution in [0, 0.1) is 0 Å². The smallest absolute Gasteiger partial charge is 0.249 e. The third-order valence-corrected chi connectivity index (χ3v) is 15.0. The average Bonchev–Trinajstić information content (AvgIpc) is 3.39. The van der Waals surface area contributed by atoms with Crippen LogP contribution in [0.3, 0.4) is 0 Å². The van der Waals surface area contributed by atoms with Gasteiger partial charge in [0.1, 0.15) is 12.2 Å². The molecule has 0 spiro atoms. The largest absolute Gasteiger partial charge is 0.394 e. The molecule has 0 aliphatic rings. The highest BCUT2D eigenvalue weighted by molar-refractivity contribution is 5.80. The molecule has 4 unspecified atom stereocenters. The number of hydrogen-bond donors (Lipinski definition) is 5. The number of nitrogens with one attached hydrogen (secondary N) is 1. The first-order valence-corrected chi connectivity index (χ1v) is 32.0. The van der Waals surface area contributed by atoms with Gasteiger partial charge in [-0.2, -0.15) is 0 Å². The molecule has 0 aliphatic heterocycles. The molecule has 6 nitrogen and oxygen atoms in total. The van der Waals surface area contributed by atoms with Gasteiger partial charge in [-0.15, -0.1) is 0 Å². The van der Waals surface area contributed by atoms with Crippen molar-refractivity contribution < 1.29 is 25.2 Å². The lowest BCUT2D eigenvalue weighted by atomic mass is 10.00. The first-order valence-electron chi connectivity index (χ1n) is 32.0. The Hall–Kier alpha value is -1.73. The minimum Gasteiger partial charge on any atom is -0.394 e. The van der Waals surface area contributed by atoms with E-state index in [0.29, 0.717) is 19.3 Å². The quantitative estimate of drug-likeness (QED) is 0.0308. The van der Waals surface area contributed by atoms with Crippen molar-refractivity contribution in [1.29, 1.82) is 0 Å². The lowest BCUT2D eigenvalue weighted by molar-refractivity contribution is -0.132. The summed E-state index contributed by atoms with van der Waals surface area (Å²) in [7, 11) is 0. The summed E-state index contributed by atoms with van der Waals surface area (Å²) < 4.78 is 0. The highest BCUT2D eigenvalue weighted by Gasteiger charge is 2.28. The minimum atomic E-state index is -1.30. The molecule has 6 heteroatoms. The number of aliphatic hydroxyl groups excluding tert-OH is 4. The molecule has 0 saturated heterocycles. The first-order chi connectivity index (χ1) is 35.5. The van der Waals surface area contributed by atoms with E-state index in [4.69, 9.17) is 0 Å². The molecular formula is C66H125NO5. The average molecular weight is 1010 g/mol. The summed E-state index contributed by atoms with van der Waals surface area (Å²) in [5.74, 6) is -0.599. The summed E-state index contributed by atoms with van der Waals surface area (Å²) in [6, 6.07) is -1.01. The summed E-state index contributed by atoms with van der Waals surface area (Å²) in [6.07, 6.45) is 77.9. The normalized spacial score (nSPS) is 13.9. The van der Waals surface area contributed by atoms with Gasteiger partial charge >= 0.3 is 0 Å². The minimum absolute atomic E-state index is 0.352. The molecule has 0 radical (unpaired) electrons. The number of hydrogen-bond acceptors (Lipinski definition) is 5. The molecular weight excluding hydrogens is 887 g/mol. The standard InChI is InChI=1S/C66H125NO5/c1-3-5-7-9-11-13-15-17-19-21-23-25-27-29-30-31-32-33-34-35-36-38-39-41-43-45-47-49-51-53-55-57-59-63(69)65(71)62(61-68)67-66(72)64(70)60-58-56-54-52-50-48-46-44-42-40-37-28-26-24-22-20-18-16-14-12-10-8-6-4-2/h24,26,37,40,43,45,51,53,62-65,68-71H,3-23,25,27-36,38-39,41-42,44,46-50,52,54-61H2,1-2H3,(H,67,72)/b26-24-,40-37-,45-43+,53-51+. The lowest BCUT2D eigenvalue weighted by Gasteiger charge is -2.27. The Kier molecular flexibility index (Phi) is 58.7. The van der Waals surface area contributed by atoms with E-state index in [1.807, 2.05) is 0 Å². The molecule has 0 fully saturated rings. The lowest BCUT2D eigenvalue weighted by Crippen LogP contribution is -2.53. The Bertz CT molecular complexity index is 1180. The van der Waals surface area contributed by atoms with Crippen molar-refractivity contribution in [2.24, 2.45) is 0 Å². The van der Waals surface area contributed by atoms with Crippen LogP contribution in [-0.4, -0.2) is 57.3 Å². The molecule has 0 aliphatic carbocycles. The van der Waals surface area contributed by atoms with Gasteiger partial charge in [-0.25, -0.2) is 0 Å². The third kappa shape index (κ3) is 53.1. The molecule has 5 N–H and O–H groups in total. The van der Waals surface area contributed by atoms with Crippen molar-refractivity contribution in [2.75, 3.05) is 6.61 Å². The van der Waals surface area contributed by atoms with Crippen LogP contribution in [0.1, 0.15) is 335 Å². The zero-order valence-corrected chi connectivity index (χ0v) is 48.2.